The van der Waals surface area contributed by atoms with Gasteiger partial charge in [-0.3, -0.25) is 9.13 Å². The van der Waals surface area contributed by atoms with Gasteiger partial charge in [0.2, 0.25) is 0 Å². The fourth-order valence-electron chi connectivity index (χ4n) is 6.47. The maximum absolute atomic E-state index is 16.0. The van der Waals surface area contributed by atoms with Crippen LogP contribution in [0.5, 0.6) is 0 Å². The Hall–Kier alpha value is -1.20. The summed E-state index contributed by atoms with van der Waals surface area (Å²) in [6.07, 6.45) is 15.5. The van der Waals surface area contributed by atoms with Gasteiger partial charge in [-0.15, -0.1) is 56.7 Å². The summed E-state index contributed by atoms with van der Waals surface area (Å²) in [6, 6.07) is 16.8. The Balaban J connectivity index is 1.74. The van der Waals surface area contributed by atoms with Crippen LogP contribution in [0.25, 0.3) is 39.0 Å². The molecule has 5 rings (SSSR count). The molecule has 57 heavy (non-hydrogen) atoms. The smallest absolute Gasteiger partial charge is 0.305 e. The molecule has 0 N–H and O–H groups in total. The normalized spacial score (nSPS) is 12.3. The summed E-state index contributed by atoms with van der Waals surface area (Å²) in [4.78, 5) is 7.96. The molecule has 0 spiro atoms. The second kappa shape index (κ2) is 24.9. The van der Waals surface area contributed by atoms with Crippen LogP contribution >= 0.6 is 71.9 Å². The van der Waals surface area contributed by atoms with E-state index in [-0.39, 0.29) is 26.4 Å². The van der Waals surface area contributed by atoms with Gasteiger partial charge in [-0.25, -0.2) is 0 Å². The minimum Gasteiger partial charge on any atom is -0.305 e. The average Bonchev–Trinajstić information content (AvgIpc) is 4.06. The van der Waals surface area contributed by atoms with E-state index in [4.69, 9.17) is 18.1 Å². The first-order valence-electron chi connectivity index (χ1n) is 21.1. The molecule has 0 unspecified atom stereocenters. The molecular formula is C44H62O6P2S5. The lowest BCUT2D eigenvalue weighted by Gasteiger charge is -2.25. The summed E-state index contributed by atoms with van der Waals surface area (Å²) in [7, 11) is -8.21. The zero-order valence-corrected chi connectivity index (χ0v) is 40.2. The van der Waals surface area contributed by atoms with Crippen molar-refractivity contribution in [1.29, 1.82) is 0 Å². The molecule has 0 amide bonds. The molecule has 13 heteroatoms. The van der Waals surface area contributed by atoms with Crippen molar-refractivity contribution < 1.29 is 27.2 Å². The zero-order valence-electron chi connectivity index (χ0n) is 34.3. The molecule has 0 radical (unpaired) electrons. The SMILES string of the molecule is CCCCCCOP(=O)(OCCCCCC)c1c(-c2ccc(-c3cccs3)s2)sc(-c2ccc(-c3cccs3)s2)c1P(=O)(OCCCCCC)OCCCCCC. The van der Waals surface area contributed by atoms with Crippen molar-refractivity contribution in [2.75, 3.05) is 26.4 Å². The topological polar surface area (TPSA) is 71.1 Å². The van der Waals surface area contributed by atoms with Crippen molar-refractivity contribution in [2.45, 2.75) is 130 Å². The van der Waals surface area contributed by atoms with Crippen molar-refractivity contribution >= 4 is 82.5 Å². The summed E-state index contributed by atoms with van der Waals surface area (Å²) in [5.74, 6) is 0. The van der Waals surface area contributed by atoms with Gasteiger partial charge in [0, 0.05) is 29.3 Å². The van der Waals surface area contributed by atoms with Gasteiger partial charge < -0.3 is 18.1 Å². The van der Waals surface area contributed by atoms with Gasteiger partial charge in [0.15, 0.2) is 0 Å². The molecular weight excluding hydrogens is 847 g/mol. The third kappa shape index (κ3) is 13.4. The molecule has 0 fully saturated rings. The standard InChI is InChI=1S/C44H62O6P2S5/c1-5-9-13-17-29-47-51(45,48-30-18-14-10-6-2)41-42(52(46,49-31-19-15-11-7-3)50-32-20-16-12-8-4)44(40-28-26-38(56-40)36-24-22-34-54-36)57-43(41)39-27-25-37(55-39)35-23-21-33-53-35/h21-28,33-34H,5-20,29-32H2,1-4H3. The maximum Gasteiger partial charge on any atom is 0.363 e. The van der Waals surface area contributed by atoms with Crippen molar-refractivity contribution in [3.8, 4) is 39.0 Å². The molecule has 5 aromatic rings. The average molecular weight is 909 g/mol. The van der Waals surface area contributed by atoms with Crippen LogP contribution in [0.15, 0.2) is 59.3 Å². The van der Waals surface area contributed by atoms with Crippen LogP contribution in [0.4, 0.5) is 0 Å². The number of hydrogen-bond acceptors (Lipinski definition) is 11. The van der Waals surface area contributed by atoms with E-state index in [0.29, 0.717) is 10.6 Å². The van der Waals surface area contributed by atoms with Crippen LogP contribution in [-0.2, 0) is 27.2 Å². The van der Waals surface area contributed by atoms with Gasteiger partial charge in [0.05, 0.1) is 46.8 Å². The third-order valence-electron chi connectivity index (χ3n) is 9.63. The Labute approximate surface area is 362 Å². The van der Waals surface area contributed by atoms with Crippen LogP contribution in [-0.4, -0.2) is 26.4 Å². The lowest BCUT2D eigenvalue weighted by Crippen LogP contribution is -2.29. The lowest BCUT2D eigenvalue weighted by atomic mass is 10.2. The summed E-state index contributed by atoms with van der Waals surface area (Å²) in [6.45, 7) is 9.84. The van der Waals surface area contributed by atoms with Crippen molar-refractivity contribution in [2.24, 2.45) is 0 Å². The Morgan fingerprint density at radius 3 is 1.04 bits per heavy atom. The van der Waals surface area contributed by atoms with E-state index < -0.39 is 15.2 Å². The van der Waals surface area contributed by atoms with Crippen molar-refractivity contribution in [1.82, 2.24) is 0 Å². The molecule has 0 bridgehead atoms. The number of unbranched alkanes of at least 4 members (excludes halogenated alkanes) is 12. The zero-order chi connectivity index (χ0) is 40.4. The molecule has 0 saturated carbocycles. The fourth-order valence-corrected chi connectivity index (χ4v) is 17.1. The Morgan fingerprint density at radius 2 is 0.737 bits per heavy atom. The van der Waals surface area contributed by atoms with Gasteiger partial charge in [-0.05, 0) is 72.8 Å². The molecule has 6 nitrogen and oxygen atoms in total. The predicted octanol–water partition coefficient (Wildman–Crippen LogP) is 16.7. The third-order valence-corrected chi connectivity index (χ3v) is 20.0. The van der Waals surface area contributed by atoms with Crippen LogP contribution < -0.4 is 10.6 Å². The quantitative estimate of drug-likeness (QED) is 0.0338. The summed E-state index contributed by atoms with van der Waals surface area (Å²) < 4.78 is 58.3. The Bertz CT molecular complexity index is 1770. The van der Waals surface area contributed by atoms with E-state index in [1.54, 1.807) is 45.3 Å². The van der Waals surface area contributed by atoms with Gasteiger partial charge in [-0.2, -0.15) is 0 Å². The van der Waals surface area contributed by atoms with Gasteiger partial charge in [0.25, 0.3) is 0 Å². The van der Waals surface area contributed by atoms with E-state index in [1.807, 2.05) is 0 Å². The highest BCUT2D eigenvalue weighted by atomic mass is 32.1. The first kappa shape index (κ1) is 46.9. The molecule has 0 aliphatic carbocycles. The highest BCUT2D eigenvalue weighted by Crippen LogP contribution is 2.60. The second-order valence-electron chi connectivity index (χ2n) is 14.3. The largest absolute Gasteiger partial charge is 0.363 e. The van der Waals surface area contributed by atoms with Gasteiger partial charge in [-0.1, -0.05) is 117 Å². The highest BCUT2D eigenvalue weighted by molar-refractivity contribution is 7.71. The Kier molecular flexibility index (Phi) is 20.5. The molecule has 0 aliphatic rings. The van der Waals surface area contributed by atoms with Crippen LogP contribution in [0, 0.1) is 0 Å². The summed E-state index contributed by atoms with van der Waals surface area (Å²) in [5.41, 5.74) is 0. The minimum atomic E-state index is -4.10. The molecule has 0 aromatic carbocycles. The van der Waals surface area contributed by atoms with Crippen molar-refractivity contribution in [3.05, 3.63) is 59.3 Å². The van der Waals surface area contributed by atoms with E-state index in [0.717, 1.165) is 132 Å². The van der Waals surface area contributed by atoms with E-state index in [9.17, 15) is 0 Å². The van der Waals surface area contributed by atoms with Crippen LogP contribution in [0.1, 0.15) is 130 Å². The van der Waals surface area contributed by atoms with Crippen molar-refractivity contribution in [3.63, 3.8) is 0 Å². The van der Waals surface area contributed by atoms with Gasteiger partial charge in [0.1, 0.15) is 0 Å². The second-order valence-corrected chi connectivity index (χ2v) is 23.3. The lowest BCUT2D eigenvalue weighted by molar-refractivity contribution is 0.203. The van der Waals surface area contributed by atoms with E-state index in [1.165, 1.54) is 21.1 Å². The first-order chi connectivity index (χ1) is 27.9. The number of thiophene rings is 5. The fraction of sp³-hybridized carbons (Fsp3) is 0.545. The van der Waals surface area contributed by atoms with Crippen LogP contribution in [0.2, 0.25) is 0 Å². The Morgan fingerprint density at radius 1 is 0.404 bits per heavy atom. The maximum atomic E-state index is 16.0. The predicted molar refractivity (Wildman–Crippen MR) is 252 cm³/mol. The minimum absolute atomic E-state index is 0.281. The highest BCUT2D eigenvalue weighted by Gasteiger charge is 2.46. The summed E-state index contributed by atoms with van der Waals surface area (Å²) >= 11 is 8.22. The van der Waals surface area contributed by atoms with E-state index >= 15 is 9.13 Å². The molecule has 0 aliphatic heterocycles. The first-order valence-corrected chi connectivity index (χ1v) is 28.4. The molecule has 314 valence electrons. The van der Waals surface area contributed by atoms with E-state index in [2.05, 4.69) is 87.0 Å². The monoisotopic (exact) mass is 908 g/mol. The number of hydrogen-bond donors (Lipinski definition) is 0. The van der Waals surface area contributed by atoms with Crippen LogP contribution in [0.3, 0.4) is 0 Å². The summed E-state index contributed by atoms with van der Waals surface area (Å²) in [5, 5.41) is 4.90. The number of rotatable bonds is 30. The van der Waals surface area contributed by atoms with Gasteiger partial charge >= 0.3 is 15.2 Å². The molecule has 0 atom stereocenters. The molecule has 5 heterocycles. The molecule has 0 saturated heterocycles. The molecule has 5 aromatic heterocycles.